The van der Waals surface area contributed by atoms with E-state index in [1.165, 1.54) is 0 Å². The average Bonchev–Trinajstić information content (AvgIpc) is 2.72. The highest BCUT2D eigenvalue weighted by atomic mass is 35.5. The number of benzene rings is 1. The van der Waals surface area contributed by atoms with Crippen molar-refractivity contribution in [2.75, 3.05) is 38.2 Å². The molecule has 6 nitrogen and oxygen atoms in total. The van der Waals surface area contributed by atoms with E-state index in [4.69, 9.17) is 21.1 Å². The van der Waals surface area contributed by atoms with Gasteiger partial charge in [-0.25, -0.2) is 9.78 Å². The van der Waals surface area contributed by atoms with Crippen LogP contribution in [0.4, 0.5) is 10.5 Å². The van der Waals surface area contributed by atoms with Gasteiger partial charge < -0.3 is 19.3 Å². The zero-order chi connectivity index (χ0) is 20.1. The summed E-state index contributed by atoms with van der Waals surface area (Å²) in [5.74, 6) is 0.508. The van der Waals surface area contributed by atoms with Crippen LogP contribution in [0.3, 0.4) is 0 Å². The number of halogens is 1. The summed E-state index contributed by atoms with van der Waals surface area (Å²) in [6.45, 7) is 6.87. The molecular weight excluding hydrogens is 378 g/mol. The molecule has 0 atom stereocenters. The van der Waals surface area contributed by atoms with E-state index in [9.17, 15) is 4.79 Å². The molecule has 0 spiro atoms. The molecule has 1 saturated heterocycles. The second-order valence-electron chi connectivity index (χ2n) is 6.76. The van der Waals surface area contributed by atoms with Crippen LogP contribution < -0.4 is 9.64 Å². The van der Waals surface area contributed by atoms with Crippen LogP contribution in [0.1, 0.15) is 23.7 Å². The third kappa shape index (κ3) is 4.68. The Hall–Kier alpha value is -2.47. The smallest absolute Gasteiger partial charge is 0.410 e. The summed E-state index contributed by atoms with van der Waals surface area (Å²) in [7, 11) is 1.58. The predicted molar refractivity (Wildman–Crippen MR) is 110 cm³/mol. The Morgan fingerprint density at radius 3 is 2.57 bits per heavy atom. The molecule has 28 heavy (non-hydrogen) atoms. The average molecular weight is 404 g/mol. The Balaban J connectivity index is 1.56. The summed E-state index contributed by atoms with van der Waals surface area (Å²) in [4.78, 5) is 20.9. The Labute approximate surface area is 171 Å². The third-order valence-corrected chi connectivity index (χ3v) is 5.23. The molecule has 0 N–H and O–H groups in total. The molecule has 2 aromatic rings. The van der Waals surface area contributed by atoms with Gasteiger partial charge in [-0.2, -0.15) is 0 Å². The number of anilines is 1. The van der Waals surface area contributed by atoms with Crippen molar-refractivity contribution in [2.24, 2.45) is 0 Å². The lowest BCUT2D eigenvalue weighted by Crippen LogP contribution is -2.48. The number of aromatic nitrogens is 1. The number of methoxy groups -OCH3 is 1. The quantitative estimate of drug-likeness (QED) is 0.753. The number of rotatable bonds is 5. The molecule has 1 aromatic carbocycles. The van der Waals surface area contributed by atoms with E-state index in [-0.39, 0.29) is 12.7 Å². The molecule has 0 bridgehead atoms. The number of hydrogen-bond donors (Lipinski definition) is 0. The predicted octanol–water partition coefficient (Wildman–Crippen LogP) is 4.07. The van der Waals surface area contributed by atoms with Crippen LogP contribution in [0.15, 0.2) is 30.3 Å². The lowest BCUT2D eigenvalue weighted by Gasteiger charge is -2.35. The van der Waals surface area contributed by atoms with E-state index < -0.39 is 0 Å². The molecule has 1 aromatic heterocycles. The molecular formula is C21H26ClN3O3. The number of carbonyl (C=O) groups is 1. The van der Waals surface area contributed by atoms with Crippen molar-refractivity contribution >= 4 is 23.4 Å². The Bertz CT molecular complexity index is 836. The van der Waals surface area contributed by atoms with Crippen molar-refractivity contribution in [2.45, 2.75) is 26.9 Å². The van der Waals surface area contributed by atoms with Crippen LogP contribution in [0.5, 0.6) is 5.88 Å². The van der Waals surface area contributed by atoms with Gasteiger partial charge in [0.1, 0.15) is 6.61 Å². The summed E-state index contributed by atoms with van der Waals surface area (Å²) < 4.78 is 10.9. The van der Waals surface area contributed by atoms with E-state index in [1.807, 2.05) is 37.3 Å². The van der Waals surface area contributed by atoms with Crippen molar-refractivity contribution in [3.63, 3.8) is 0 Å². The van der Waals surface area contributed by atoms with Crippen LogP contribution in [0.2, 0.25) is 5.02 Å². The van der Waals surface area contributed by atoms with Gasteiger partial charge in [0.2, 0.25) is 5.88 Å². The number of aryl methyl sites for hydroxylation is 2. The van der Waals surface area contributed by atoms with Gasteiger partial charge in [0.25, 0.3) is 0 Å². The lowest BCUT2D eigenvalue weighted by molar-refractivity contribution is 0.0933. The molecule has 0 unspecified atom stereocenters. The number of pyridine rings is 1. The second-order valence-corrected chi connectivity index (χ2v) is 7.20. The maximum atomic E-state index is 12.5. The van der Waals surface area contributed by atoms with Gasteiger partial charge in [-0.3, -0.25) is 0 Å². The minimum Gasteiger partial charge on any atom is -0.481 e. The molecule has 0 saturated carbocycles. The Morgan fingerprint density at radius 2 is 1.93 bits per heavy atom. The molecule has 3 rings (SSSR count). The maximum absolute atomic E-state index is 12.5. The van der Waals surface area contributed by atoms with Gasteiger partial charge in [-0.05, 0) is 43.2 Å². The van der Waals surface area contributed by atoms with Crippen LogP contribution in [-0.4, -0.2) is 49.3 Å². The topological polar surface area (TPSA) is 54.9 Å². The van der Waals surface area contributed by atoms with Gasteiger partial charge >= 0.3 is 6.09 Å². The van der Waals surface area contributed by atoms with Crippen molar-refractivity contribution in [1.82, 2.24) is 9.88 Å². The second kappa shape index (κ2) is 9.15. The zero-order valence-electron chi connectivity index (χ0n) is 16.6. The van der Waals surface area contributed by atoms with Crippen LogP contribution in [0.25, 0.3) is 0 Å². The van der Waals surface area contributed by atoms with E-state index in [2.05, 4.69) is 16.8 Å². The standard InChI is InChI=1S/C21H26ClN3O3/c1-4-16-12-17(20(27-3)23-15(16)2)14-28-21(26)25-10-8-24(9-11-25)19-7-5-6-18(22)13-19/h5-7,12-13H,4,8-11,14H2,1-3H3. The molecule has 1 aliphatic heterocycles. The Morgan fingerprint density at radius 1 is 1.18 bits per heavy atom. The number of amides is 1. The van der Waals surface area contributed by atoms with Crippen LogP contribution in [0, 0.1) is 6.92 Å². The first-order valence-corrected chi connectivity index (χ1v) is 9.85. The fourth-order valence-corrected chi connectivity index (χ4v) is 3.55. The van der Waals surface area contributed by atoms with Crippen molar-refractivity contribution in [1.29, 1.82) is 0 Å². The minimum atomic E-state index is -0.313. The summed E-state index contributed by atoms with van der Waals surface area (Å²) in [5.41, 5.74) is 3.92. The molecule has 0 aliphatic carbocycles. The summed E-state index contributed by atoms with van der Waals surface area (Å²) in [6.07, 6.45) is 0.557. The molecule has 150 valence electrons. The van der Waals surface area contributed by atoms with E-state index in [0.29, 0.717) is 24.0 Å². The van der Waals surface area contributed by atoms with E-state index >= 15 is 0 Å². The van der Waals surface area contributed by atoms with Gasteiger partial charge in [-0.1, -0.05) is 24.6 Å². The van der Waals surface area contributed by atoms with Gasteiger partial charge in [-0.15, -0.1) is 0 Å². The first-order chi connectivity index (χ1) is 13.5. The maximum Gasteiger partial charge on any atom is 0.410 e. The van der Waals surface area contributed by atoms with E-state index in [0.717, 1.165) is 42.0 Å². The van der Waals surface area contributed by atoms with Crippen LogP contribution >= 0.6 is 11.6 Å². The number of carbonyl (C=O) groups excluding carboxylic acids is 1. The molecule has 0 radical (unpaired) electrons. The first-order valence-electron chi connectivity index (χ1n) is 9.47. The highest BCUT2D eigenvalue weighted by molar-refractivity contribution is 6.30. The van der Waals surface area contributed by atoms with Gasteiger partial charge in [0.15, 0.2) is 0 Å². The highest BCUT2D eigenvalue weighted by Gasteiger charge is 2.23. The number of nitrogens with zero attached hydrogens (tertiary/aromatic N) is 3. The molecule has 1 fully saturated rings. The number of piperazine rings is 1. The van der Waals surface area contributed by atoms with E-state index in [1.54, 1.807) is 12.0 Å². The molecule has 7 heteroatoms. The normalized spacial score (nSPS) is 14.1. The third-order valence-electron chi connectivity index (χ3n) is 4.99. The minimum absolute atomic E-state index is 0.150. The number of hydrogen-bond acceptors (Lipinski definition) is 5. The monoisotopic (exact) mass is 403 g/mol. The fourth-order valence-electron chi connectivity index (χ4n) is 3.36. The fraction of sp³-hybridized carbons (Fsp3) is 0.429. The van der Waals surface area contributed by atoms with Crippen molar-refractivity contribution in [3.05, 3.63) is 52.2 Å². The first kappa shape index (κ1) is 20.3. The van der Waals surface area contributed by atoms with Gasteiger partial charge in [0, 0.05) is 42.6 Å². The zero-order valence-corrected chi connectivity index (χ0v) is 17.3. The summed E-state index contributed by atoms with van der Waals surface area (Å²) >= 11 is 6.07. The number of ether oxygens (including phenoxy) is 2. The van der Waals surface area contributed by atoms with Gasteiger partial charge in [0.05, 0.1) is 12.7 Å². The highest BCUT2D eigenvalue weighted by Crippen LogP contribution is 2.23. The van der Waals surface area contributed by atoms with Crippen molar-refractivity contribution < 1.29 is 14.3 Å². The molecule has 1 aliphatic rings. The summed E-state index contributed by atoms with van der Waals surface area (Å²) in [6, 6.07) is 9.77. The largest absolute Gasteiger partial charge is 0.481 e. The summed E-state index contributed by atoms with van der Waals surface area (Å²) in [5, 5.41) is 0.714. The molecule has 2 heterocycles. The van der Waals surface area contributed by atoms with Crippen molar-refractivity contribution in [3.8, 4) is 5.88 Å². The lowest BCUT2D eigenvalue weighted by atomic mass is 10.1. The SMILES string of the molecule is CCc1cc(COC(=O)N2CCN(c3cccc(Cl)c3)CC2)c(OC)nc1C. The Kier molecular flexibility index (Phi) is 6.62. The van der Waals surface area contributed by atoms with Crippen LogP contribution in [-0.2, 0) is 17.8 Å². The molecule has 1 amide bonds.